The Morgan fingerprint density at radius 3 is 2.48 bits per heavy atom. The van der Waals surface area contributed by atoms with Crippen LogP contribution in [0.5, 0.6) is 0 Å². The molecule has 4 aliphatic carbocycles. The molecule has 25 heavy (non-hydrogen) atoms. The number of ether oxygens (including phenoxy) is 1. The normalized spacial score (nSPS) is 52.0. The number of hydrogen-bond donors (Lipinski definition) is 0. The molecule has 0 aromatic heterocycles. The van der Waals surface area contributed by atoms with Gasteiger partial charge in [0.2, 0.25) is 0 Å². The molecule has 3 fully saturated rings. The summed E-state index contributed by atoms with van der Waals surface area (Å²) in [7, 11) is 1.87. The van der Waals surface area contributed by atoms with Gasteiger partial charge in [0.15, 0.2) is 0 Å². The third-order valence-corrected chi connectivity index (χ3v) is 9.77. The fourth-order valence-corrected chi connectivity index (χ4v) is 7.67. The van der Waals surface area contributed by atoms with Crippen molar-refractivity contribution in [3.05, 3.63) is 11.6 Å². The standard InChI is InChI=1S/C23H36O2/c1-15(24)22(3)12-10-20-18-7-6-16-14-17(25-5)8-11-21(16,2)19(18)9-13-23(20,22)4/h6,17-20H,7-14H2,1-5H3/t17-,18?,19?,20?,21?,22+,23-/m0/s1. The highest BCUT2D eigenvalue weighted by Gasteiger charge is 2.63. The molecule has 0 saturated heterocycles. The van der Waals surface area contributed by atoms with Gasteiger partial charge in [-0.2, -0.15) is 0 Å². The molecule has 0 aromatic rings. The van der Waals surface area contributed by atoms with Gasteiger partial charge in [-0.05, 0) is 86.9 Å². The molecule has 0 spiro atoms. The third-order valence-electron chi connectivity index (χ3n) is 9.77. The summed E-state index contributed by atoms with van der Waals surface area (Å²) in [5.74, 6) is 2.76. The maximum Gasteiger partial charge on any atom is 0.136 e. The predicted molar refractivity (Wildman–Crippen MR) is 101 cm³/mol. The first-order chi connectivity index (χ1) is 11.8. The van der Waals surface area contributed by atoms with Crippen LogP contribution in [-0.2, 0) is 9.53 Å². The van der Waals surface area contributed by atoms with Gasteiger partial charge in [0.1, 0.15) is 5.78 Å². The highest BCUT2D eigenvalue weighted by molar-refractivity contribution is 5.83. The number of fused-ring (bicyclic) bond motifs is 5. The second-order valence-electron chi connectivity index (χ2n) is 10.2. The van der Waals surface area contributed by atoms with E-state index in [0.29, 0.717) is 17.3 Å². The first kappa shape index (κ1) is 17.8. The minimum absolute atomic E-state index is 0.0960. The molecule has 0 aliphatic heterocycles. The van der Waals surface area contributed by atoms with E-state index in [1.54, 1.807) is 5.57 Å². The summed E-state index contributed by atoms with van der Waals surface area (Å²) < 4.78 is 5.68. The lowest BCUT2D eigenvalue weighted by Crippen LogP contribution is -2.53. The van der Waals surface area contributed by atoms with Gasteiger partial charge in [0, 0.05) is 12.5 Å². The molecule has 2 heteroatoms. The monoisotopic (exact) mass is 344 g/mol. The fourth-order valence-electron chi connectivity index (χ4n) is 7.67. The smallest absolute Gasteiger partial charge is 0.136 e. The topological polar surface area (TPSA) is 26.3 Å². The molecular weight excluding hydrogens is 308 g/mol. The van der Waals surface area contributed by atoms with Gasteiger partial charge < -0.3 is 4.74 Å². The molecular formula is C23H36O2. The van der Waals surface area contributed by atoms with Gasteiger partial charge in [-0.15, -0.1) is 0 Å². The van der Waals surface area contributed by atoms with Gasteiger partial charge in [0.05, 0.1) is 6.10 Å². The van der Waals surface area contributed by atoms with Crippen molar-refractivity contribution < 1.29 is 9.53 Å². The maximum atomic E-state index is 12.5. The molecule has 0 radical (unpaired) electrons. The number of ketones is 1. The molecule has 0 heterocycles. The molecule has 4 rings (SSSR count). The van der Waals surface area contributed by atoms with Crippen molar-refractivity contribution in [3.63, 3.8) is 0 Å². The Balaban J connectivity index is 1.66. The van der Waals surface area contributed by atoms with Gasteiger partial charge in [-0.1, -0.05) is 32.4 Å². The van der Waals surface area contributed by atoms with Gasteiger partial charge in [0.25, 0.3) is 0 Å². The summed E-state index contributed by atoms with van der Waals surface area (Å²) >= 11 is 0. The van der Waals surface area contributed by atoms with E-state index in [9.17, 15) is 4.79 Å². The van der Waals surface area contributed by atoms with Gasteiger partial charge in [-0.25, -0.2) is 0 Å². The van der Waals surface area contributed by atoms with Gasteiger partial charge in [-0.3, -0.25) is 4.79 Å². The minimum Gasteiger partial charge on any atom is -0.381 e. The van der Waals surface area contributed by atoms with E-state index in [1.807, 2.05) is 14.0 Å². The Hall–Kier alpha value is -0.630. The zero-order valence-electron chi connectivity index (χ0n) is 16.9. The van der Waals surface area contributed by atoms with Crippen molar-refractivity contribution >= 4 is 5.78 Å². The van der Waals surface area contributed by atoms with E-state index in [4.69, 9.17) is 4.74 Å². The lowest BCUT2D eigenvalue weighted by Gasteiger charge is -2.59. The fraction of sp³-hybridized carbons (Fsp3) is 0.870. The number of hydrogen-bond acceptors (Lipinski definition) is 2. The van der Waals surface area contributed by atoms with Crippen LogP contribution in [0.2, 0.25) is 0 Å². The summed E-state index contributed by atoms with van der Waals surface area (Å²) in [5.41, 5.74) is 2.18. The second kappa shape index (κ2) is 5.68. The van der Waals surface area contributed by atoms with Crippen LogP contribution in [0.1, 0.15) is 79.1 Å². The molecule has 4 unspecified atom stereocenters. The van der Waals surface area contributed by atoms with Crippen LogP contribution in [-0.4, -0.2) is 19.0 Å². The van der Waals surface area contributed by atoms with Crippen molar-refractivity contribution in [3.8, 4) is 0 Å². The molecule has 7 atom stereocenters. The van der Waals surface area contributed by atoms with Crippen LogP contribution in [0.25, 0.3) is 0 Å². The molecule has 0 N–H and O–H groups in total. The lowest BCUT2D eigenvalue weighted by molar-refractivity contribution is -0.138. The molecule has 3 saturated carbocycles. The van der Waals surface area contributed by atoms with Gasteiger partial charge >= 0.3 is 0 Å². The zero-order chi connectivity index (χ0) is 18.0. The largest absolute Gasteiger partial charge is 0.381 e. The average molecular weight is 345 g/mol. The summed E-state index contributed by atoms with van der Waals surface area (Å²) in [6, 6.07) is 0. The number of methoxy groups -OCH3 is 1. The first-order valence-corrected chi connectivity index (χ1v) is 10.5. The van der Waals surface area contributed by atoms with Crippen molar-refractivity contribution in [1.82, 2.24) is 0 Å². The Kier molecular flexibility index (Phi) is 4.04. The quantitative estimate of drug-likeness (QED) is 0.613. The molecule has 140 valence electrons. The van der Waals surface area contributed by atoms with E-state index < -0.39 is 0 Å². The minimum atomic E-state index is -0.0960. The van der Waals surface area contributed by atoms with E-state index in [2.05, 4.69) is 26.8 Å². The SMILES string of the molecule is CO[C@H]1CCC2(C)C(=CCC3C2CC[C@@]2(C)C3CC[C@]2(C)C(C)=O)C1. The lowest BCUT2D eigenvalue weighted by atomic mass is 9.45. The Bertz CT molecular complexity index is 607. The number of Topliss-reactive ketones (excluding diaryl/α,β-unsaturated/α-hetero) is 1. The highest BCUT2D eigenvalue weighted by Crippen LogP contribution is 2.69. The molecule has 0 bridgehead atoms. The third kappa shape index (κ3) is 2.22. The second-order valence-corrected chi connectivity index (χ2v) is 10.2. The van der Waals surface area contributed by atoms with E-state index >= 15 is 0 Å². The highest BCUT2D eigenvalue weighted by atomic mass is 16.5. The average Bonchev–Trinajstić information content (AvgIpc) is 2.87. The van der Waals surface area contributed by atoms with Crippen LogP contribution in [0.15, 0.2) is 11.6 Å². The maximum absolute atomic E-state index is 12.5. The van der Waals surface area contributed by atoms with E-state index in [-0.39, 0.29) is 10.8 Å². The number of carbonyl (C=O) groups excluding carboxylic acids is 1. The Labute approximate surface area is 153 Å². The van der Waals surface area contributed by atoms with Crippen molar-refractivity contribution in [1.29, 1.82) is 0 Å². The van der Waals surface area contributed by atoms with Crippen molar-refractivity contribution in [2.75, 3.05) is 7.11 Å². The summed E-state index contributed by atoms with van der Waals surface area (Å²) in [5, 5.41) is 0. The van der Waals surface area contributed by atoms with Crippen LogP contribution in [0, 0.1) is 34.0 Å². The molecule has 4 aliphatic rings. The van der Waals surface area contributed by atoms with Crippen LogP contribution in [0.4, 0.5) is 0 Å². The van der Waals surface area contributed by atoms with Crippen LogP contribution in [0.3, 0.4) is 0 Å². The summed E-state index contributed by atoms with van der Waals surface area (Å²) in [6.45, 7) is 9.10. The van der Waals surface area contributed by atoms with E-state index in [1.165, 1.54) is 38.5 Å². The molecule has 0 aromatic carbocycles. The first-order valence-electron chi connectivity index (χ1n) is 10.5. The number of carbonyl (C=O) groups is 1. The predicted octanol–water partition coefficient (Wildman–Crippen LogP) is 5.56. The summed E-state index contributed by atoms with van der Waals surface area (Å²) in [6.07, 6.45) is 12.8. The van der Waals surface area contributed by atoms with E-state index in [0.717, 1.165) is 30.6 Å². The molecule has 2 nitrogen and oxygen atoms in total. The van der Waals surface area contributed by atoms with Crippen molar-refractivity contribution in [2.45, 2.75) is 85.2 Å². The molecule has 0 amide bonds. The number of rotatable bonds is 2. The number of allylic oxidation sites excluding steroid dienone is 1. The Morgan fingerprint density at radius 1 is 1.08 bits per heavy atom. The zero-order valence-corrected chi connectivity index (χ0v) is 16.9. The van der Waals surface area contributed by atoms with Crippen LogP contribution >= 0.6 is 0 Å². The van der Waals surface area contributed by atoms with Crippen LogP contribution < -0.4 is 0 Å². The summed E-state index contributed by atoms with van der Waals surface area (Å²) in [4.78, 5) is 12.5. The van der Waals surface area contributed by atoms with Crippen molar-refractivity contribution in [2.24, 2.45) is 34.0 Å². The Morgan fingerprint density at radius 2 is 1.80 bits per heavy atom.